The number of hydrogen-bond acceptors (Lipinski definition) is 6. The van der Waals surface area contributed by atoms with E-state index in [4.69, 9.17) is 9.47 Å². The summed E-state index contributed by atoms with van der Waals surface area (Å²) in [6.07, 6.45) is -1.85. The smallest absolute Gasteiger partial charge is 0.421 e. The van der Waals surface area contributed by atoms with Gasteiger partial charge < -0.3 is 14.8 Å². The number of ether oxygens (including phenoxy) is 2. The fraction of sp³-hybridized carbons (Fsp3) is 0.222. The molecule has 8 nitrogen and oxygen atoms in total. The molecule has 0 saturated carbocycles. The summed E-state index contributed by atoms with van der Waals surface area (Å²) in [7, 11) is -4.01. The van der Waals surface area contributed by atoms with Gasteiger partial charge in [-0.1, -0.05) is 35.4 Å². The van der Waals surface area contributed by atoms with E-state index in [9.17, 15) is 18.0 Å². The van der Waals surface area contributed by atoms with Gasteiger partial charge in [0.2, 0.25) is 0 Å². The summed E-state index contributed by atoms with van der Waals surface area (Å²) < 4.78 is 35.6. The monoisotopic (exact) mass is 392 g/mol. The molecule has 2 aromatic carbocycles. The second-order valence-electron chi connectivity index (χ2n) is 5.68. The highest BCUT2D eigenvalue weighted by molar-refractivity contribution is 7.90. The minimum Gasteiger partial charge on any atom is -0.447 e. The number of carbonyl (C=O) groups excluding carboxylic acids is 2. The first-order valence-electron chi connectivity index (χ1n) is 8.05. The molecule has 0 aliphatic heterocycles. The molecule has 0 spiro atoms. The number of benzene rings is 2. The summed E-state index contributed by atoms with van der Waals surface area (Å²) in [5.74, 6) is 0.376. The Hall–Kier alpha value is -3.07. The maximum Gasteiger partial charge on any atom is 0.421 e. The molecule has 2 amide bonds. The zero-order valence-electron chi connectivity index (χ0n) is 14.9. The molecule has 144 valence electrons. The fourth-order valence-electron chi connectivity index (χ4n) is 1.96. The van der Waals surface area contributed by atoms with Crippen LogP contribution >= 0.6 is 0 Å². The van der Waals surface area contributed by atoms with Gasteiger partial charge in [0.1, 0.15) is 12.4 Å². The van der Waals surface area contributed by atoms with Crippen molar-refractivity contribution >= 4 is 22.2 Å². The van der Waals surface area contributed by atoms with E-state index in [0.29, 0.717) is 5.75 Å². The number of amides is 2. The molecular formula is C18H20N2O6S. The number of carbonyl (C=O) groups is 2. The van der Waals surface area contributed by atoms with Crippen molar-refractivity contribution in [1.29, 1.82) is 0 Å². The van der Waals surface area contributed by atoms with E-state index in [1.54, 1.807) is 41.1 Å². The minimum atomic E-state index is -4.01. The first kappa shape index (κ1) is 20.2. The summed E-state index contributed by atoms with van der Waals surface area (Å²) in [5.41, 5.74) is 1.92. The van der Waals surface area contributed by atoms with E-state index in [0.717, 1.165) is 11.1 Å². The summed E-state index contributed by atoms with van der Waals surface area (Å²) >= 11 is 0. The van der Waals surface area contributed by atoms with Gasteiger partial charge in [-0.3, -0.25) is 0 Å². The van der Waals surface area contributed by atoms with Crippen LogP contribution in [0.3, 0.4) is 0 Å². The van der Waals surface area contributed by atoms with E-state index in [-0.39, 0.29) is 18.0 Å². The molecule has 0 saturated heterocycles. The van der Waals surface area contributed by atoms with Crippen LogP contribution in [0.1, 0.15) is 11.1 Å². The maximum absolute atomic E-state index is 12.0. The first-order valence-corrected chi connectivity index (χ1v) is 9.53. The Morgan fingerprint density at radius 2 is 1.44 bits per heavy atom. The SMILES string of the molecule is Cc1ccc(OC(=O)NCCOC(=O)NS(=O)(=O)c2ccc(C)cc2)cc1. The fourth-order valence-corrected chi connectivity index (χ4v) is 2.85. The molecule has 27 heavy (non-hydrogen) atoms. The predicted octanol–water partition coefficient (Wildman–Crippen LogP) is 2.51. The van der Waals surface area contributed by atoms with Crippen molar-refractivity contribution in [3.8, 4) is 5.75 Å². The van der Waals surface area contributed by atoms with Gasteiger partial charge in [0.15, 0.2) is 0 Å². The highest BCUT2D eigenvalue weighted by Crippen LogP contribution is 2.11. The average molecular weight is 392 g/mol. The van der Waals surface area contributed by atoms with Gasteiger partial charge in [-0.2, -0.15) is 0 Å². The van der Waals surface area contributed by atoms with Gasteiger partial charge >= 0.3 is 12.2 Å². The van der Waals surface area contributed by atoms with Crippen LogP contribution in [0.2, 0.25) is 0 Å². The Morgan fingerprint density at radius 3 is 2.04 bits per heavy atom. The van der Waals surface area contributed by atoms with Crippen LogP contribution in [-0.4, -0.2) is 33.8 Å². The largest absolute Gasteiger partial charge is 0.447 e. The lowest BCUT2D eigenvalue weighted by molar-refractivity contribution is 0.150. The third-order valence-electron chi connectivity index (χ3n) is 3.39. The number of nitrogens with one attached hydrogen (secondary N) is 2. The number of aryl methyl sites for hydroxylation is 2. The molecule has 0 radical (unpaired) electrons. The van der Waals surface area contributed by atoms with Crippen LogP contribution in [0.15, 0.2) is 53.4 Å². The molecule has 0 unspecified atom stereocenters. The minimum absolute atomic E-state index is 0.0390. The Labute approximate surface area is 157 Å². The molecule has 2 aromatic rings. The lowest BCUT2D eigenvalue weighted by atomic mass is 10.2. The Balaban J connectivity index is 1.71. The van der Waals surface area contributed by atoms with Gasteiger partial charge in [-0.25, -0.2) is 22.7 Å². The van der Waals surface area contributed by atoms with Crippen molar-refractivity contribution in [2.75, 3.05) is 13.2 Å². The van der Waals surface area contributed by atoms with Crippen LogP contribution in [0.25, 0.3) is 0 Å². The Bertz CT molecular complexity index is 892. The van der Waals surface area contributed by atoms with Crippen molar-refractivity contribution in [3.05, 3.63) is 59.7 Å². The zero-order chi connectivity index (χ0) is 19.9. The van der Waals surface area contributed by atoms with Crippen molar-refractivity contribution < 1.29 is 27.5 Å². The Kier molecular flexibility index (Phi) is 6.78. The summed E-state index contributed by atoms with van der Waals surface area (Å²) in [5, 5.41) is 2.39. The first-order chi connectivity index (χ1) is 12.8. The molecule has 0 aliphatic rings. The van der Waals surface area contributed by atoms with Crippen LogP contribution in [0, 0.1) is 13.8 Å². The average Bonchev–Trinajstić information content (AvgIpc) is 2.61. The molecule has 0 aliphatic carbocycles. The highest BCUT2D eigenvalue weighted by Gasteiger charge is 2.18. The number of sulfonamides is 1. The van der Waals surface area contributed by atoms with E-state index >= 15 is 0 Å². The lowest BCUT2D eigenvalue weighted by Crippen LogP contribution is -2.34. The maximum atomic E-state index is 12.0. The van der Waals surface area contributed by atoms with Gasteiger partial charge in [0, 0.05) is 0 Å². The van der Waals surface area contributed by atoms with E-state index < -0.39 is 22.2 Å². The van der Waals surface area contributed by atoms with Crippen LogP contribution in [0.5, 0.6) is 5.75 Å². The van der Waals surface area contributed by atoms with E-state index in [1.165, 1.54) is 12.1 Å². The topological polar surface area (TPSA) is 111 Å². The number of rotatable bonds is 6. The quantitative estimate of drug-likeness (QED) is 0.731. The van der Waals surface area contributed by atoms with Crippen molar-refractivity contribution in [2.24, 2.45) is 0 Å². The Morgan fingerprint density at radius 1 is 0.889 bits per heavy atom. The molecular weight excluding hydrogens is 372 g/mol. The molecule has 0 aromatic heterocycles. The molecule has 9 heteroatoms. The zero-order valence-corrected chi connectivity index (χ0v) is 15.7. The van der Waals surface area contributed by atoms with Gasteiger partial charge in [-0.05, 0) is 38.1 Å². The molecule has 0 bridgehead atoms. The molecule has 2 rings (SSSR count). The predicted molar refractivity (Wildman–Crippen MR) is 98.1 cm³/mol. The van der Waals surface area contributed by atoms with Crippen molar-refractivity contribution in [3.63, 3.8) is 0 Å². The molecule has 0 heterocycles. The van der Waals surface area contributed by atoms with E-state index in [1.807, 2.05) is 13.8 Å². The lowest BCUT2D eigenvalue weighted by Gasteiger charge is -2.09. The second-order valence-corrected chi connectivity index (χ2v) is 7.37. The van der Waals surface area contributed by atoms with Crippen molar-refractivity contribution in [1.82, 2.24) is 10.0 Å². The molecule has 0 atom stereocenters. The van der Waals surface area contributed by atoms with E-state index in [2.05, 4.69) is 5.32 Å². The van der Waals surface area contributed by atoms with Crippen LogP contribution < -0.4 is 14.8 Å². The van der Waals surface area contributed by atoms with Crippen LogP contribution in [0.4, 0.5) is 9.59 Å². The third kappa shape index (κ3) is 6.63. The van der Waals surface area contributed by atoms with Crippen LogP contribution in [-0.2, 0) is 14.8 Å². The summed E-state index contributed by atoms with van der Waals surface area (Å²) in [4.78, 5) is 23.2. The summed E-state index contributed by atoms with van der Waals surface area (Å²) in [6, 6.07) is 12.9. The molecule has 0 fully saturated rings. The molecule has 2 N–H and O–H groups in total. The van der Waals surface area contributed by atoms with Crippen molar-refractivity contribution in [2.45, 2.75) is 18.7 Å². The number of hydrogen-bond donors (Lipinski definition) is 2. The van der Waals surface area contributed by atoms with Gasteiger partial charge in [0.25, 0.3) is 10.0 Å². The highest BCUT2D eigenvalue weighted by atomic mass is 32.2. The third-order valence-corrected chi connectivity index (χ3v) is 4.71. The van der Waals surface area contributed by atoms with Gasteiger partial charge in [-0.15, -0.1) is 0 Å². The summed E-state index contributed by atoms with van der Waals surface area (Å²) in [6.45, 7) is 3.46. The standard InChI is InChI=1S/C18H20N2O6S/c1-13-3-7-15(8-4-13)26-17(21)19-11-12-25-18(22)20-27(23,24)16-9-5-14(2)6-10-16/h3-10H,11-12H2,1-2H3,(H,19,21)(H,20,22). The van der Waals surface area contributed by atoms with Gasteiger partial charge in [0.05, 0.1) is 11.4 Å². The normalized spacial score (nSPS) is 10.7. The second kappa shape index (κ2) is 9.04.